The van der Waals surface area contributed by atoms with Crippen LogP contribution in [0.2, 0.25) is 0 Å². The van der Waals surface area contributed by atoms with Gasteiger partial charge in [0.2, 0.25) is 0 Å². The van der Waals surface area contributed by atoms with E-state index in [9.17, 15) is 10.5 Å². The minimum Gasteiger partial charge on any atom is -0.328 e. The molecule has 6 heterocycles. The third-order valence-corrected chi connectivity index (χ3v) is 20.5. The van der Waals surface area contributed by atoms with Crippen LogP contribution < -0.4 is 4.90 Å². The summed E-state index contributed by atoms with van der Waals surface area (Å²) < 4.78 is 11.5. The summed E-state index contributed by atoms with van der Waals surface area (Å²) in [6.45, 7) is 4.34. The molecule has 5 aromatic heterocycles. The molecular weight excluding hydrogens is 1060 g/mol. The van der Waals surface area contributed by atoms with E-state index < -0.39 is 0 Å². The van der Waals surface area contributed by atoms with Crippen molar-refractivity contribution >= 4 is 145 Å². The molecule has 0 amide bonds. The minimum absolute atomic E-state index is 0.205. The summed E-state index contributed by atoms with van der Waals surface area (Å²) >= 11 is 3.54. The number of nitrogens with zero attached hydrogens (tertiary/aromatic N) is 6. The Hall–Kier alpha value is -10.7. The number of anilines is 2. The minimum atomic E-state index is -0.340. The van der Waals surface area contributed by atoms with E-state index in [1.165, 1.54) is 15.6 Å². The van der Waals surface area contributed by atoms with Crippen molar-refractivity contribution in [3.8, 4) is 29.2 Å². The van der Waals surface area contributed by atoms with Gasteiger partial charge in [-0.05, 0) is 84.6 Å². The molecule has 11 aromatic carbocycles. The number of hydrogen-bond acceptors (Lipinski definition) is 5. The lowest BCUT2D eigenvalue weighted by molar-refractivity contribution is 0.744. The molecule has 1 aliphatic heterocycles. The molecule has 16 aromatic rings. The summed E-state index contributed by atoms with van der Waals surface area (Å²) in [6, 6.07) is 84.6. The Kier molecular flexibility index (Phi) is 9.76. The van der Waals surface area contributed by atoms with Crippen LogP contribution in [0.25, 0.3) is 128 Å². The number of nitriles is 2. The topological polar surface area (TPSA) is 65.6 Å². The van der Waals surface area contributed by atoms with Gasteiger partial charge in [0.1, 0.15) is 23.3 Å². The standard InChI is InChI=1S/C76H44N6S2/c1-43-38-57-53-33-35-56-52-25-11-17-31-68(52)84-76(56)73(53)82(66(57)39-44(43)2)69-59(41-77)70(79-61-26-12-6-20-47(61)48-21-7-13-27-62(48)79)74(71(60(69)42-78)80-63-28-14-8-22-49(63)50-23-9-15-29-64(50)80)81-65-37-32-46(45-18-4-3-5-19-45)40-58(65)54-34-36-55-51-24-10-16-30-67(51)83-75(55)72(54)81/h3-33,35,37-40,58,65H,1-2H3. The van der Waals surface area contributed by atoms with Gasteiger partial charge in [-0.15, -0.1) is 22.7 Å². The van der Waals surface area contributed by atoms with Crippen molar-refractivity contribution in [2.24, 2.45) is 0 Å². The smallest absolute Gasteiger partial charge is 0.104 e. The van der Waals surface area contributed by atoms with Crippen molar-refractivity contribution < 1.29 is 0 Å². The number of aromatic nitrogens is 3. The monoisotopic (exact) mass is 1100 g/mol. The van der Waals surface area contributed by atoms with Gasteiger partial charge in [0, 0.05) is 69.4 Å². The highest BCUT2D eigenvalue weighted by Crippen LogP contribution is 2.59. The van der Waals surface area contributed by atoms with Crippen LogP contribution in [0.3, 0.4) is 0 Å². The van der Waals surface area contributed by atoms with Gasteiger partial charge in [0.15, 0.2) is 0 Å². The van der Waals surface area contributed by atoms with Crippen LogP contribution in [0.1, 0.15) is 39.3 Å². The number of allylic oxidation sites excluding steroid dienone is 2. The summed E-state index contributed by atoms with van der Waals surface area (Å²) in [5.74, 6) is -0.205. The average Bonchev–Trinajstić information content (AvgIpc) is 1.70. The van der Waals surface area contributed by atoms with Gasteiger partial charge in [0.25, 0.3) is 0 Å². The zero-order chi connectivity index (χ0) is 55.6. The SMILES string of the molecule is Cc1cc2c3ccc4c5ccccc5sc4c3n(-c3c(C#N)c(-n4c5ccccc5c5ccccc54)c(N4c5c(c#cc6c5sc5ccccc56)C5C=C(c6ccccc6)C=CC54)c(-n4c5ccccc5c5ccccc54)c3C#N)c2cc1C. The predicted molar refractivity (Wildman–Crippen MR) is 350 cm³/mol. The second kappa shape index (κ2) is 17.4. The first-order valence-corrected chi connectivity index (χ1v) is 30.0. The van der Waals surface area contributed by atoms with E-state index >= 15 is 0 Å². The lowest BCUT2D eigenvalue weighted by Crippen LogP contribution is -2.32. The molecule has 0 bridgehead atoms. The average molecular weight is 1110 g/mol. The van der Waals surface area contributed by atoms with Gasteiger partial charge in [-0.25, -0.2) is 0 Å². The Morgan fingerprint density at radius 2 is 0.940 bits per heavy atom. The van der Waals surface area contributed by atoms with E-state index in [2.05, 4.69) is 275 Å². The summed E-state index contributed by atoms with van der Waals surface area (Å²) in [4.78, 5) is 2.52. The fourth-order valence-electron chi connectivity index (χ4n) is 14.4. The number of aryl methyl sites for hydroxylation is 2. The molecule has 6 nitrogen and oxygen atoms in total. The molecule has 2 unspecified atom stereocenters. The lowest BCUT2D eigenvalue weighted by Gasteiger charge is -2.35. The summed E-state index contributed by atoms with van der Waals surface area (Å²) in [6.07, 6.45) is 7.03. The summed E-state index contributed by atoms with van der Waals surface area (Å²) in [5, 5.41) is 36.7. The Morgan fingerprint density at radius 3 is 1.55 bits per heavy atom. The van der Waals surface area contributed by atoms with Crippen LogP contribution in [0.5, 0.6) is 0 Å². The molecule has 0 fully saturated rings. The molecule has 0 saturated carbocycles. The number of hydrogen-bond donors (Lipinski definition) is 0. The van der Waals surface area contributed by atoms with Crippen LogP contribution in [0.15, 0.2) is 218 Å². The molecule has 390 valence electrons. The zero-order valence-corrected chi connectivity index (χ0v) is 47.1. The highest BCUT2D eigenvalue weighted by atomic mass is 32.1. The molecular formula is C76H44N6S2. The zero-order valence-electron chi connectivity index (χ0n) is 45.4. The van der Waals surface area contributed by atoms with Crippen LogP contribution >= 0.6 is 22.7 Å². The van der Waals surface area contributed by atoms with Gasteiger partial charge >= 0.3 is 0 Å². The third-order valence-electron chi connectivity index (χ3n) is 18.1. The number of para-hydroxylation sites is 4. The molecule has 84 heavy (non-hydrogen) atoms. The fraction of sp³-hybridized carbons (Fsp3) is 0.0526. The van der Waals surface area contributed by atoms with E-state index in [0.29, 0.717) is 28.2 Å². The van der Waals surface area contributed by atoms with E-state index in [0.717, 1.165) is 129 Å². The first-order valence-electron chi connectivity index (χ1n) is 28.4. The largest absolute Gasteiger partial charge is 0.328 e. The van der Waals surface area contributed by atoms with E-state index in [4.69, 9.17) is 0 Å². The lowest BCUT2D eigenvalue weighted by atomic mass is 9.86. The van der Waals surface area contributed by atoms with Crippen molar-refractivity contribution in [1.82, 2.24) is 13.7 Å². The summed E-state index contributed by atoms with van der Waals surface area (Å²) in [5.41, 5.74) is 15.6. The van der Waals surface area contributed by atoms with E-state index in [1.54, 1.807) is 22.7 Å². The molecule has 0 saturated heterocycles. The van der Waals surface area contributed by atoms with Crippen molar-refractivity contribution in [2.45, 2.75) is 25.8 Å². The second-order valence-electron chi connectivity index (χ2n) is 22.4. The van der Waals surface area contributed by atoms with Crippen LogP contribution in [-0.2, 0) is 0 Å². The fourth-order valence-corrected chi connectivity index (χ4v) is 16.9. The number of thiophene rings is 2. The van der Waals surface area contributed by atoms with Gasteiger partial charge in [-0.2, -0.15) is 10.5 Å². The van der Waals surface area contributed by atoms with Gasteiger partial charge in [0.05, 0.1) is 82.4 Å². The normalized spacial score (nSPS) is 14.9. The van der Waals surface area contributed by atoms with Gasteiger partial charge in [-0.3, -0.25) is 0 Å². The maximum atomic E-state index is 13.0. The summed E-state index contributed by atoms with van der Waals surface area (Å²) in [7, 11) is 0. The Bertz CT molecular complexity index is 5510. The number of benzene rings is 10. The highest BCUT2D eigenvalue weighted by molar-refractivity contribution is 7.27. The van der Waals surface area contributed by atoms with Crippen molar-refractivity contribution in [2.75, 3.05) is 4.90 Å². The first kappa shape index (κ1) is 47.0. The van der Waals surface area contributed by atoms with Gasteiger partial charge < -0.3 is 18.6 Å². The van der Waals surface area contributed by atoms with E-state index in [-0.39, 0.29) is 12.0 Å². The Labute approximate surface area is 490 Å². The number of rotatable bonds is 5. The second-order valence-corrected chi connectivity index (χ2v) is 24.5. The molecule has 1 aliphatic carbocycles. The van der Waals surface area contributed by atoms with Crippen molar-refractivity contribution in [3.63, 3.8) is 0 Å². The van der Waals surface area contributed by atoms with E-state index in [1.807, 2.05) is 0 Å². The molecule has 0 spiro atoms. The van der Waals surface area contributed by atoms with Crippen molar-refractivity contribution in [1.29, 1.82) is 10.5 Å². The third kappa shape index (κ3) is 6.21. The first-order chi connectivity index (χ1) is 41.5. The number of fused-ring (bicyclic) bond motifs is 20. The quantitative estimate of drug-likeness (QED) is 0.172. The molecule has 0 N–H and O–H groups in total. The van der Waals surface area contributed by atoms with Crippen LogP contribution in [-0.4, -0.2) is 19.7 Å². The highest BCUT2D eigenvalue weighted by Gasteiger charge is 2.45. The van der Waals surface area contributed by atoms with Gasteiger partial charge in [-0.1, -0.05) is 182 Å². The Balaban J connectivity index is 1.12. The molecule has 8 heteroatoms. The maximum Gasteiger partial charge on any atom is 0.104 e. The Morgan fingerprint density at radius 1 is 0.429 bits per heavy atom. The van der Waals surface area contributed by atoms with Crippen LogP contribution in [0, 0.1) is 48.6 Å². The molecule has 2 aliphatic rings. The van der Waals surface area contributed by atoms with Crippen molar-refractivity contribution in [3.05, 3.63) is 264 Å². The molecule has 0 radical (unpaired) electrons. The maximum absolute atomic E-state index is 13.0. The predicted octanol–water partition coefficient (Wildman–Crippen LogP) is 19.9. The molecule has 2 atom stereocenters. The molecule has 18 rings (SSSR count). The van der Waals surface area contributed by atoms with Crippen LogP contribution in [0.4, 0.5) is 11.4 Å².